The molecular weight excluding hydrogens is 193 g/mol. The number of rotatable bonds is 1. The van der Waals surface area contributed by atoms with Gasteiger partial charge in [0.1, 0.15) is 5.82 Å². The van der Waals surface area contributed by atoms with Gasteiger partial charge in [0.15, 0.2) is 0 Å². The summed E-state index contributed by atoms with van der Waals surface area (Å²) >= 11 is 0. The molecule has 1 aromatic carbocycles. The second-order valence-corrected chi connectivity index (χ2v) is 3.69. The van der Waals surface area contributed by atoms with Crippen molar-refractivity contribution in [1.29, 1.82) is 0 Å². The molecule has 0 fully saturated rings. The quantitative estimate of drug-likeness (QED) is 0.687. The van der Waals surface area contributed by atoms with E-state index in [0.717, 1.165) is 24.1 Å². The van der Waals surface area contributed by atoms with Crippen LogP contribution in [0.1, 0.15) is 12.0 Å². The lowest BCUT2D eigenvalue weighted by Crippen LogP contribution is -2.29. The highest BCUT2D eigenvalue weighted by Gasteiger charge is 2.15. The van der Waals surface area contributed by atoms with Crippen LogP contribution in [0.2, 0.25) is 0 Å². The highest BCUT2D eigenvalue weighted by atomic mass is 19.1. The topological polar surface area (TPSA) is 20.3 Å². The molecular formula is C12H12FNO. The van der Waals surface area contributed by atoms with Crippen molar-refractivity contribution in [2.45, 2.75) is 6.42 Å². The normalized spacial score (nSPS) is 16.5. The Morgan fingerprint density at radius 3 is 2.53 bits per heavy atom. The highest BCUT2D eigenvalue weighted by molar-refractivity contribution is 5.96. The minimum Gasteiger partial charge on any atom is -0.342 e. The van der Waals surface area contributed by atoms with E-state index in [2.05, 4.69) is 0 Å². The van der Waals surface area contributed by atoms with E-state index in [9.17, 15) is 9.18 Å². The zero-order valence-electron chi connectivity index (χ0n) is 8.53. The van der Waals surface area contributed by atoms with Crippen molar-refractivity contribution < 1.29 is 9.18 Å². The summed E-state index contributed by atoms with van der Waals surface area (Å²) in [6.07, 6.45) is 2.45. The number of halogens is 1. The molecule has 1 aliphatic heterocycles. The molecule has 0 spiro atoms. The SMILES string of the molecule is CN1CCC(c2ccc(F)cc2)=CC1=O. The van der Waals surface area contributed by atoms with Crippen LogP contribution in [0.3, 0.4) is 0 Å². The van der Waals surface area contributed by atoms with Gasteiger partial charge in [-0.15, -0.1) is 0 Å². The van der Waals surface area contributed by atoms with Gasteiger partial charge in [0, 0.05) is 19.7 Å². The second-order valence-electron chi connectivity index (χ2n) is 3.69. The molecule has 0 N–H and O–H groups in total. The summed E-state index contributed by atoms with van der Waals surface area (Å²) in [4.78, 5) is 13.1. The van der Waals surface area contributed by atoms with Gasteiger partial charge in [-0.05, 0) is 29.7 Å². The fourth-order valence-corrected chi connectivity index (χ4v) is 1.62. The first-order valence-electron chi connectivity index (χ1n) is 4.88. The molecule has 1 heterocycles. The standard InChI is InChI=1S/C12H12FNO/c1-14-7-6-10(8-12(14)15)9-2-4-11(13)5-3-9/h2-5,8H,6-7H2,1H3. The predicted molar refractivity (Wildman–Crippen MR) is 56.6 cm³/mol. The fourth-order valence-electron chi connectivity index (χ4n) is 1.62. The third-order valence-electron chi connectivity index (χ3n) is 2.61. The van der Waals surface area contributed by atoms with Crippen molar-refractivity contribution in [3.63, 3.8) is 0 Å². The molecule has 0 aromatic heterocycles. The van der Waals surface area contributed by atoms with Crippen molar-refractivity contribution in [3.05, 3.63) is 41.7 Å². The van der Waals surface area contributed by atoms with Gasteiger partial charge in [-0.2, -0.15) is 0 Å². The van der Waals surface area contributed by atoms with E-state index in [1.165, 1.54) is 12.1 Å². The Balaban J connectivity index is 2.28. The largest absolute Gasteiger partial charge is 0.342 e. The summed E-state index contributed by atoms with van der Waals surface area (Å²) in [6.45, 7) is 0.724. The van der Waals surface area contributed by atoms with E-state index in [1.54, 1.807) is 30.2 Å². The first-order chi connectivity index (χ1) is 7.16. The van der Waals surface area contributed by atoms with E-state index in [4.69, 9.17) is 0 Å². The van der Waals surface area contributed by atoms with Gasteiger partial charge in [0.25, 0.3) is 0 Å². The van der Waals surface area contributed by atoms with E-state index in [-0.39, 0.29) is 11.7 Å². The van der Waals surface area contributed by atoms with Crippen LogP contribution in [-0.2, 0) is 4.79 Å². The maximum atomic E-state index is 12.7. The van der Waals surface area contributed by atoms with Crippen LogP contribution in [0, 0.1) is 5.82 Å². The number of carbonyl (C=O) groups is 1. The van der Waals surface area contributed by atoms with E-state index in [1.807, 2.05) is 0 Å². The number of likely N-dealkylation sites (N-methyl/N-ethyl adjacent to an activating group) is 1. The van der Waals surface area contributed by atoms with Crippen LogP contribution in [0.15, 0.2) is 30.3 Å². The monoisotopic (exact) mass is 205 g/mol. The van der Waals surface area contributed by atoms with E-state index < -0.39 is 0 Å². The van der Waals surface area contributed by atoms with Crippen LogP contribution in [0.25, 0.3) is 5.57 Å². The summed E-state index contributed by atoms with van der Waals surface area (Å²) in [6, 6.07) is 6.25. The van der Waals surface area contributed by atoms with Crippen LogP contribution >= 0.6 is 0 Å². The molecule has 1 amide bonds. The molecule has 0 aliphatic carbocycles. The van der Waals surface area contributed by atoms with Crippen LogP contribution in [0.4, 0.5) is 4.39 Å². The highest BCUT2D eigenvalue weighted by Crippen LogP contribution is 2.22. The summed E-state index contributed by atoms with van der Waals surface area (Å²) in [5, 5.41) is 0. The molecule has 0 atom stereocenters. The van der Waals surface area contributed by atoms with E-state index >= 15 is 0 Å². The van der Waals surface area contributed by atoms with Crippen LogP contribution < -0.4 is 0 Å². The number of hydrogen-bond donors (Lipinski definition) is 0. The third kappa shape index (κ3) is 2.06. The number of nitrogens with zero attached hydrogens (tertiary/aromatic N) is 1. The van der Waals surface area contributed by atoms with Gasteiger partial charge in [0.2, 0.25) is 5.91 Å². The number of benzene rings is 1. The fraction of sp³-hybridized carbons (Fsp3) is 0.250. The van der Waals surface area contributed by atoms with Gasteiger partial charge in [-0.3, -0.25) is 4.79 Å². The molecule has 2 rings (SSSR count). The predicted octanol–water partition coefficient (Wildman–Crippen LogP) is 2.07. The molecule has 1 aromatic rings. The first kappa shape index (κ1) is 9.90. The molecule has 0 radical (unpaired) electrons. The Hall–Kier alpha value is -1.64. The second kappa shape index (κ2) is 3.85. The smallest absolute Gasteiger partial charge is 0.246 e. The maximum absolute atomic E-state index is 12.7. The lowest BCUT2D eigenvalue weighted by atomic mass is 9.99. The Morgan fingerprint density at radius 2 is 1.93 bits per heavy atom. The van der Waals surface area contributed by atoms with Crippen LogP contribution in [0.5, 0.6) is 0 Å². The zero-order valence-corrected chi connectivity index (χ0v) is 8.53. The van der Waals surface area contributed by atoms with Crippen molar-refractivity contribution >= 4 is 11.5 Å². The molecule has 0 bridgehead atoms. The zero-order chi connectivity index (χ0) is 10.8. The molecule has 15 heavy (non-hydrogen) atoms. The molecule has 2 nitrogen and oxygen atoms in total. The molecule has 0 unspecified atom stereocenters. The first-order valence-corrected chi connectivity index (χ1v) is 4.88. The Morgan fingerprint density at radius 1 is 1.27 bits per heavy atom. The minimum atomic E-state index is -0.251. The Bertz CT molecular complexity index is 408. The van der Waals surface area contributed by atoms with Crippen molar-refractivity contribution in [2.24, 2.45) is 0 Å². The van der Waals surface area contributed by atoms with Gasteiger partial charge < -0.3 is 4.90 Å². The summed E-state index contributed by atoms with van der Waals surface area (Å²) in [5.41, 5.74) is 1.91. The number of hydrogen-bond acceptors (Lipinski definition) is 1. The lowest BCUT2D eigenvalue weighted by Gasteiger charge is -2.22. The molecule has 3 heteroatoms. The van der Waals surface area contributed by atoms with Crippen molar-refractivity contribution in [1.82, 2.24) is 4.90 Å². The lowest BCUT2D eigenvalue weighted by molar-refractivity contribution is -0.125. The summed E-state index contributed by atoms with van der Waals surface area (Å²) in [7, 11) is 1.78. The number of carbonyl (C=O) groups excluding carboxylic acids is 1. The van der Waals surface area contributed by atoms with Gasteiger partial charge >= 0.3 is 0 Å². The van der Waals surface area contributed by atoms with E-state index in [0.29, 0.717) is 0 Å². The minimum absolute atomic E-state index is 0.0144. The van der Waals surface area contributed by atoms with Crippen molar-refractivity contribution in [2.75, 3.05) is 13.6 Å². The molecule has 78 valence electrons. The Labute approximate surface area is 88.0 Å². The number of amides is 1. The third-order valence-corrected chi connectivity index (χ3v) is 2.61. The summed E-state index contributed by atoms with van der Waals surface area (Å²) < 4.78 is 12.7. The van der Waals surface area contributed by atoms with Crippen molar-refractivity contribution in [3.8, 4) is 0 Å². The molecule has 1 aliphatic rings. The molecule has 0 saturated carbocycles. The molecule has 0 saturated heterocycles. The summed E-state index contributed by atoms with van der Waals surface area (Å²) in [5.74, 6) is -0.237. The van der Waals surface area contributed by atoms with Gasteiger partial charge in [0.05, 0.1) is 0 Å². The van der Waals surface area contributed by atoms with Crippen LogP contribution in [-0.4, -0.2) is 24.4 Å². The van der Waals surface area contributed by atoms with Gasteiger partial charge in [-0.1, -0.05) is 12.1 Å². The maximum Gasteiger partial charge on any atom is 0.246 e. The average molecular weight is 205 g/mol. The average Bonchev–Trinajstić information content (AvgIpc) is 2.23. The van der Waals surface area contributed by atoms with Gasteiger partial charge in [-0.25, -0.2) is 4.39 Å². The Kier molecular flexibility index (Phi) is 2.54.